The fourth-order valence-electron chi connectivity index (χ4n) is 3.18. The van der Waals surface area contributed by atoms with E-state index in [1.807, 2.05) is 0 Å². The normalized spacial score (nSPS) is 33.9. The molecular weight excluding hydrogens is 190 g/mol. The van der Waals surface area contributed by atoms with E-state index in [2.05, 4.69) is 5.32 Å². The predicted octanol–water partition coefficient (Wildman–Crippen LogP) is 2.02. The quantitative estimate of drug-likeness (QED) is 0.734. The van der Waals surface area contributed by atoms with E-state index in [-0.39, 0.29) is 12.0 Å². The van der Waals surface area contributed by atoms with Gasteiger partial charge in [0.2, 0.25) is 0 Å². The second kappa shape index (κ2) is 4.97. The van der Waals surface area contributed by atoms with Gasteiger partial charge < -0.3 is 10.4 Å². The van der Waals surface area contributed by atoms with Crippen LogP contribution in [-0.2, 0) is 4.79 Å². The van der Waals surface area contributed by atoms with Crippen molar-refractivity contribution in [3.05, 3.63) is 0 Å². The van der Waals surface area contributed by atoms with Crippen molar-refractivity contribution in [3.63, 3.8) is 0 Å². The highest BCUT2D eigenvalue weighted by molar-refractivity contribution is 5.71. The zero-order chi connectivity index (χ0) is 10.7. The van der Waals surface area contributed by atoms with Gasteiger partial charge in [0, 0.05) is 6.04 Å². The summed E-state index contributed by atoms with van der Waals surface area (Å²) in [6, 6.07) is 0.247. The predicted molar refractivity (Wildman–Crippen MR) is 58.7 cm³/mol. The van der Waals surface area contributed by atoms with Gasteiger partial charge in [0.05, 0.1) is 5.92 Å². The summed E-state index contributed by atoms with van der Waals surface area (Å²) in [5.41, 5.74) is 0. The maximum atomic E-state index is 11.2. The van der Waals surface area contributed by atoms with Crippen LogP contribution < -0.4 is 5.32 Å². The van der Waals surface area contributed by atoms with Crippen molar-refractivity contribution in [1.29, 1.82) is 0 Å². The molecular formula is C12H21NO2. The van der Waals surface area contributed by atoms with E-state index in [1.54, 1.807) is 0 Å². The first-order chi connectivity index (χ1) is 7.29. The summed E-state index contributed by atoms with van der Waals surface area (Å²) >= 11 is 0. The molecule has 0 bridgehead atoms. The molecule has 3 nitrogen and oxygen atoms in total. The SMILES string of the molecule is O=C(O)[C@@H]1CCCN[C@H]1C1CCCCC1. The molecule has 2 aliphatic rings. The van der Waals surface area contributed by atoms with E-state index in [0.29, 0.717) is 5.92 Å². The molecule has 2 rings (SSSR count). The van der Waals surface area contributed by atoms with Crippen LogP contribution in [0.5, 0.6) is 0 Å². The first-order valence-electron chi connectivity index (χ1n) is 6.25. The highest BCUT2D eigenvalue weighted by Crippen LogP contribution is 2.32. The molecule has 0 amide bonds. The Balaban J connectivity index is 1.99. The van der Waals surface area contributed by atoms with Gasteiger partial charge >= 0.3 is 5.97 Å². The van der Waals surface area contributed by atoms with Crippen molar-refractivity contribution in [2.75, 3.05) is 6.54 Å². The number of carboxylic acid groups (broad SMARTS) is 1. The molecule has 0 aromatic rings. The van der Waals surface area contributed by atoms with Crippen molar-refractivity contribution in [1.82, 2.24) is 5.32 Å². The van der Waals surface area contributed by atoms with Crippen LogP contribution >= 0.6 is 0 Å². The number of carbonyl (C=O) groups is 1. The number of rotatable bonds is 2. The van der Waals surface area contributed by atoms with Crippen molar-refractivity contribution in [3.8, 4) is 0 Å². The first-order valence-corrected chi connectivity index (χ1v) is 6.25. The molecule has 1 heterocycles. The lowest BCUT2D eigenvalue weighted by Crippen LogP contribution is -2.49. The van der Waals surface area contributed by atoms with Gasteiger partial charge in [-0.25, -0.2) is 0 Å². The second-order valence-corrected chi connectivity index (χ2v) is 4.96. The molecule has 2 fully saturated rings. The third-order valence-electron chi connectivity index (χ3n) is 3.98. The maximum Gasteiger partial charge on any atom is 0.308 e. The number of nitrogens with one attached hydrogen (secondary N) is 1. The fourth-order valence-corrected chi connectivity index (χ4v) is 3.18. The Hall–Kier alpha value is -0.570. The highest BCUT2D eigenvalue weighted by atomic mass is 16.4. The highest BCUT2D eigenvalue weighted by Gasteiger charge is 2.36. The smallest absolute Gasteiger partial charge is 0.308 e. The van der Waals surface area contributed by atoms with Crippen molar-refractivity contribution >= 4 is 5.97 Å². The Labute approximate surface area is 91.2 Å². The minimum absolute atomic E-state index is 0.137. The second-order valence-electron chi connectivity index (χ2n) is 4.96. The van der Waals surface area contributed by atoms with Gasteiger partial charge in [0.15, 0.2) is 0 Å². The molecule has 2 N–H and O–H groups in total. The first kappa shape index (κ1) is 10.9. The summed E-state index contributed by atoms with van der Waals surface area (Å²) in [6.45, 7) is 1.00. The van der Waals surface area contributed by atoms with Gasteiger partial charge in [-0.1, -0.05) is 19.3 Å². The molecule has 1 saturated heterocycles. The fraction of sp³-hybridized carbons (Fsp3) is 0.917. The number of aliphatic carboxylic acids is 1. The molecule has 0 unspecified atom stereocenters. The lowest BCUT2D eigenvalue weighted by atomic mass is 9.76. The summed E-state index contributed by atoms with van der Waals surface area (Å²) in [7, 11) is 0. The van der Waals surface area contributed by atoms with Crippen LogP contribution in [0.25, 0.3) is 0 Å². The lowest BCUT2D eigenvalue weighted by Gasteiger charge is -2.37. The molecule has 1 aliphatic carbocycles. The topological polar surface area (TPSA) is 49.3 Å². The third-order valence-corrected chi connectivity index (χ3v) is 3.98. The van der Waals surface area contributed by atoms with Crippen LogP contribution in [0.2, 0.25) is 0 Å². The molecule has 1 aliphatic heterocycles. The van der Waals surface area contributed by atoms with Crippen molar-refractivity contribution < 1.29 is 9.90 Å². The molecule has 0 spiro atoms. The van der Waals surface area contributed by atoms with Crippen LogP contribution in [0.1, 0.15) is 44.9 Å². The summed E-state index contributed by atoms with van der Waals surface area (Å²) < 4.78 is 0. The van der Waals surface area contributed by atoms with Gasteiger partial charge in [-0.3, -0.25) is 4.79 Å². The molecule has 2 atom stereocenters. The number of carboxylic acids is 1. The molecule has 0 radical (unpaired) electrons. The van der Waals surface area contributed by atoms with Gasteiger partial charge in [-0.2, -0.15) is 0 Å². The van der Waals surface area contributed by atoms with E-state index in [1.165, 1.54) is 32.1 Å². The summed E-state index contributed by atoms with van der Waals surface area (Å²) in [6.07, 6.45) is 8.23. The Morgan fingerprint density at radius 3 is 2.47 bits per heavy atom. The molecule has 0 aromatic heterocycles. The third kappa shape index (κ3) is 2.51. The molecule has 1 saturated carbocycles. The number of piperidine rings is 1. The average Bonchev–Trinajstić information content (AvgIpc) is 2.30. The molecule has 86 valence electrons. The van der Waals surface area contributed by atoms with Gasteiger partial charge in [0.1, 0.15) is 0 Å². The Morgan fingerprint density at radius 1 is 1.07 bits per heavy atom. The van der Waals surface area contributed by atoms with Crippen molar-refractivity contribution in [2.45, 2.75) is 51.0 Å². The lowest BCUT2D eigenvalue weighted by molar-refractivity contribution is -0.144. The van der Waals surface area contributed by atoms with E-state index >= 15 is 0 Å². The maximum absolute atomic E-state index is 11.2. The summed E-state index contributed by atoms with van der Waals surface area (Å²) in [4.78, 5) is 11.2. The van der Waals surface area contributed by atoms with Gasteiger partial charge in [-0.05, 0) is 38.1 Å². The van der Waals surface area contributed by atoms with Crippen LogP contribution in [0.4, 0.5) is 0 Å². The van der Waals surface area contributed by atoms with Gasteiger partial charge in [0.25, 0.3) is 0 Å². The minimum Gasteiger partial charge on any atom is -0.481 e. The average molecular weight is 211 g/mol. The zero-order valence-corrected chi connectivity index (χ0v) is 9.24. The Kier molecular flexibility index (Phi) is 3.62. The summed E-state index contributed by atoms with van der Waals surface area (Å²) in [5, 5.41) is 12.6. The number of hydrogen-bond acceptors (Lipinski definition) is 2. The number of hydrogen-bond donors (Lipinski definition) is 2. The molecule has 15 heavy (non-hydrogen) atoms. The Bertz CT molecular complexity index is 224. The van der Waals surface area contributed by atoms with E-state index in [0.717, 1.165) is 19.4 Å². The van der Waals surface area contributed by atoms with E-state index < -0.39 is 5.97 Å². The monoisotopic (exact) mass is 211 g/mol. The van der Waals surface area contributed by atoms with Crippen LogP contribution in [-0.4, -0.2) is 23.7 Å². The van der Waals surface area contributed by atoms with E-state index in [9.17, 15) is 9.90 Å². The van der Waals surface area contributed by atoms with Crippen LogP contribution in [0.3, 0.4) is 0 Å². The van der Waals surface area contributed by atoms with Gasteiger partial charge in [-0.15, -0.1) is 0 Å². The van der Waals surface area contributed by atoms with Crippen LogP contribution in [0.15, 0.2) is 0 Å². The summed E-state index contributed by atoms with van der Waals surface area (Å²) in [5.74, 6) is -0.125. The minimum atomic E-state index is -0.599. The molecule has 3 heteroatoms. The largest absolute Gasteiger partial charge is 0.481 e. The van der Waals surface area contributed by atoms with Crippen LogP contribution in [0, 0.1) is 11.8 Å². The van der Waals surface area contributed by atoms with Crippen molar-refractivity contribution in [2.24, 2.45) is 11.8 Å². The molecule has 0 aromatic carbocycles. The zero-order valence-electron chi connectivity index (χ0n) is 9.24. The van der Waals surface area contributed by atoms with E-state index in [4.69, 9.17) is 0 Å². The Morgan fingerprint density at radius 2 is 1.80 bits per heavy atom. The standard InChI is InChI=1S/C12H21NO2/c14-12(15)10-7-4-8-13-11(10)9-5-2-1-3-6-9/h9-11,13H,1-8H2,(H,14,15)/t10-,11+/m1/s1.